The molecule has 0 saturated carbocycles. The molecular formula is C36H37N7O2. The van der Waals surface area contributed by atoms with E-state index in [0.717, 1.165) is 51.4 Å². The van der Waals surface area contributed by atoms with Crippen molar-refractivity contribution in [3.63, 3.8) is 0 Å². The first-order valence-electron chi connectivity index (χ1n) is 15.4. The Morgan fingerprint density at radius 3 is 1.76 bits per heavy atom. The molecule has 0 spiro atoms. The zero-order valence-electron chi connectivity index (χ0n) is 25.4. The van der Waals surface area contributed by atoms with Gasteiger partial charge < -0.3 is 10.2 Å². The lowest BCUT2D eigenvalue weighted by Gasteiger charge is -2.21. The standard InChI is InChI=1S/C36H37N7O2/c1-2-3-21-43-35(44)29-13-15-31(34-32(16-14-30(33(29)34)36(43)45)41-23-26-10-4-7-17-37-26)40-20-22-42(24-27-11-5-8-18-38-27)25-28-12-6-9-19-39-28/h4-19,44-45H,2-3,20-25H2,1H3. The molecule has 0 saturated heterocycles. The van der Waals surface area contributed by atoms with Crippen molar-refractivity contribution in [3.8, 4) is 11.8 Å². The third-order valence-corrected chi connectivity index (χ3v) is 7.90. The third-order valence-electron chi connectivity index (χ3n) is 7.90. The van der Waals surface area contributed by atoms with Gasteiger partial charge in [-0.2, -0.15) is 0 Å². The quantitative estimate of drug-likeness (QED) is 0.197. The van der Waals surface area contributed by atoms with E-state index in [9.17, 15) is 10.2 Å². The summed E-state index contributed by atoms with van der Waals surface area (Å²) in [5.41, 5.74) is 2.82. The maximum atomic E-state index is 11.3. The number of unbranched alkanes of at least 4 members (excludes halogenated alkanes) is 1. The van der Waals surface area contributed by atoms with Gasteiger partial charge in [0.1, 0.15) is 0 Å². The summed E-state index contributed by atoms with van der Waals surface area (Å²) in [6, 6.07) is 25.3. The van der Waals surface area contributed by atoms with Gasteiger partial charge in [-0.05, 0) is 67.1 Å². The third kappa shape index (κ3) is 6.84. The van der Waals surface area contributed by atoms with Crippen molar-refractivity contribution in [3.05, 3.63) is 125 Å². The second-order valence-corrected chi connectivity index (χ2v) is 11.0. The Morgan fingerprint density at radius 2 is 1.22 bits per heavy atom. The Balaban J connectivity index is 1.42. The highest BCUT2D eigenvalue weighted by molar-refractivity contribution is 6.13. The first-order valence-corrected chi connectivity index (χ1v) is 15.4. The number of benzene rings is 2. The summed E-state index contributed by atoms with van der Waals surface area (Å²) < 4.78 is 1.59. The molecule has 0 unspecified atom stereocenters. The van der Waals surface area contributed by atoms with Gasteiger partial charge in [0.15, 0.2) is 0 Å². The predicted molar refractivity (Wildman–Crippen MR) is 175 cm³/mol. The molecular weight excluding hydrogens is 562 g/mol. The molecule has 0 aliphatic heterocycles. The molecule has 0 fully saturated rings. The van der Waals surface area contributed by atoms with Crippen molar-refractivity contribution in [1.29, 1.82) is 0 Å². The fraction of sp³-hybridized carbons (Fsp3) is 0.250. The summed E-state index contributed by atoms with van der Waals surface area (Å²) in [4.78, 5) is 25.8. The van der Waals surface area contributed by atoms with Gasteiger partial charge in [0.05, 0.1) is 40.9 Å². The maximum Gasteiger partial charge on any atom is 0.201 e. The Morgan fingerprint density at radius 1 is 0.667 bits per heavy atom. The number of aromatic nitrogens is 4. The summed E-state index contributed by atoms with van der Waals surface area (Å²) in [6.07, 6.45) is 7.17. The molecule has 9 nitrogen and oxygen atoms in total. The van der Waals surface area contributed by atoms with E-state index in [4.69, 9.17) is 9.98 Å². The zero-order valence-corrected chi connectivity index (χ0v) is 25.4. The topological polar surface area (TPSA) is 112 Å². The molecule has 9 heteroatoms. The van der Waals surface area contributed by atoms with Crippen LogP contribution in [0, 0.1) is 0 Å². The van der Waals surface area contributed by atoms with Gasteiger partial charge in [0.25, 0.3) is 0 Å². The second-order valence-electron chi connectivity index (χ2n) is 11.0. The van der Waals surface area contributed by atoms with Gasteiger partial charge in [0.2, 0.25) is 11.8 Å². The summed E-state index contributed by atoms with van der Waals surface area (Å²) >= 11 is 0. The Kier molecular flexibility index (Phi) is 9.36. The molecule has 0 amide bonds. The molecule has 6 rings (SSSR count). The molecule has 0 aliphatic rings. The minimum Gasteiger partial charge on any atom is -0.494 e. The van der Waals surface area contributed by atoms with E-state index < -0.39 is 0 Å². The highest BCUT2D eigenvalue weighted by Gasteiger charge is 2.18. The zero-order chi connectivity index (χ0) is 31.0. The van der Waals surface area contributed by atoms with Crippen LogP contribution in [-0.2, 0) is 26.2 Å². The maximum absolute atomic E-state index is 11.3. The molecule has 45 heavy (non-hydrogen) atoms. The molecule has 4 aromatic heterocycles. The summed E-state index contributed by atoms with van der Waals surface area (Å²) in [5.74, 6) is 0.0903. The number of hydrogen-bond donors (Lipinski definition) is 2. The van der Waals surface area contributed by atoms with E-state index in [-0.39, 0.29) is 11.8 Å². The van der Waals surface area contributed by atoms with Gasteiger partial charge in [-0.15, -0.1) is 0 Å². The number of rotatable bonds is 12. The van der Waals surface area contributed by atoms with Crippen LogP contribution in [0.25, 0.3) is 21.5 Å². The largest absolute Gasteiger partial charge is 0.494 e. The summed E-state index contributed by atoms with van der Waals surface area (Å²) in [7, 11) is 0. The van der Waals surface area contributed by atoms with Crippen molar-refractivity contribution in [1.82, 2.24) is 24.4 Å². The highest BCUT2D eigenvalue weighted by Crippen LogP contribution is 2.37. The molecule has 228 valence electrons. The highest BCUT2D eigenvalue weighted by atomic mass is 16.3. The minimum atomic E-state index is 0.0452. The average Bonchev–Trinajstić information content (AvgIpc) is 3.08. The molecule has 4 heterocycles. The minimum absolute atomic E-state index is 0.0452. The summed E-state index contributed by atoms with van der Waals surface area (Å²) in [5, 5.41) is 27.0. The molecule has 0 aliphatic carbocycles. The van der Waals surface area contributed by atoms with Crippen LogP contribution < -0.4 is 10.7 Å². The van der Waals surface area contributed by atoms with E-state index in [0.29, 0.717) is 50.0 Å². The van der Waals surface area contributed by atoms with Crippen LogP contribution in [-0.4, -0.2) is 47.7 Å². The van der Waals surface area contributed by atoms with Crippen molar-refractivity contribution in [2.75, 3.05) is 13.1 Å². The van der Waals surface area contributed by atoms with Crippen LogP contribution in [0.3, 0.4) is 0 Å². The molecule has 0 bridgehead atoms. The van der Waals surface area contributed by atoms with E-state index in [1.807, 2.05) is 91.3 Å². The van der Waals surface area contributed by atoms with E-state index in [1.165, 1.54) is 0 Å². The fourth-order valence-corrected chi connectivity index (χ4v) is 5.64. The Bertz CT molecular complexity index is 1930. The van der Waals surface area contributed by atoms with Crippen molar-refractivity contribution >= 4 is 21.5 Å². The Hall–Kier alpha value is -5.15. The van der Waals surface area contributed by atoms with Crippen molar-refractivity contribution in [2.45, 2.75) is 45.9 Å². The molecule has 2 N–H and O–H groups in total. The number of nitrogens with zero attached hydrogens (tertiary/aromatic N) is 7. The van der Waals surface area contributed by atoms with E-state index in [1.54, 1.807) is 10.8 Å². The average molecular weight is 600 g/mol. The van der Waals surface area contributed by atoms with Gasteiger partial charge in [-0.1, -0.05) is 31.5 Å². The monoisotopic (exact) mass is 599 g/mol. The SMILES string of the molecule is CCCCn1c(O)c2ccc(=NCCN(Cc3ccccn3)Cc3ccccn3)c3c(=NCc4ccccn4)ccc(c1O)c23. The number of pyridine rings is 4. The second kappa shape index (κ2) is 14.1. The van der Waals surface area contributed by atoms with E-state index >= 15 is 0 Å². The molecule has 0 radical (unpaired) electrons. The number of aromatic hydroxyl groups is 2. The van der Waals surface area contributed by atoms with Gasteiger partial charge in [-0.25, -0.2) is 0 Å². The smallest absolute Gasteiger partial charge is 0.201 e. The first-order chi connectivity index (χ1) is 22.1. The molecule has 2 aromatic carbocycles. The van der Waals surface area contributed by atoms with Crippen molar-refractivity contribution in [2.24, 2.45) is 9.98 Å². The van der Waals surface area contributed by atoms with Crippen LogP contribution in [0.2, 0.25) is 0 Å². The van der Waals surface area contributed by atoms with Gasteiger partial charge in [0, 0.05) is 66.3 Å². The van der Waals surface area contributed by atoms with Gasteiger partial charge >= 0.3 is 0 Å². The summed E-state index contributed by atoms with van der Waals surface area (Å²) in [6.45, 7) is 5.54. The van der Waals surface area contributed by atoms with Crippen LogP contribution in [0.5, 0.6) is 11.8 Å². The molecule has 6 aromatic rings. The lowest BCUT2D eigenvalue weighted by Crippen LogP contribution is -2.27. The van der Waals surface area contributed by atoms with Gasteiger partial charge in [-0.3, -0.25) is 34.4 Å². The number of hydrogen-bond acceptors (Lipinski definition) is 8. The molecule has 0 atom stereocenters. The normalized spacial score (nSPS) is 12.6. The van der Waals surface area contributed by atoms with Crippen LogP contribution in [0.15, 0.2) is 107 Å². The van der Waals surface area contributed by atoms with Crippen LogP contribution in [0.1, 0.15) is 36.8 Å². The first kappa shape index (κ1) is 29.9. The van der Waals surface area contributed by atoms with Crippen LogP contribution >= 0.6 is 0 Å². The predicted octanol–water partition coefficient (Wildman–Crippen LogP) is 5.33. The van der Waals surface area contributed by atoms with E-state index in [2.05, 4.69) is 26.8 Å². The van der Waals surface area contributed by atoms with Crippen molar-refractivity contribution < 1.29 is 10.2 Å². The lowest BCUT2D eigenvalue weighted by atomic mass is 10.0. The Labute approximate surface area is 261 Å². The fourth-order valence-electron chi connectivity index (χ4n) is 5.64. The van der Waals surface area contributed by atoms with Crippen LogP contribution in [0.4, 0.5) is 0 Å². The lowest BCUT2D eigenvalue weighted by molar-refractivity contribution is 0.258.